The van der Waals surface area contributed by atoms with Crippen molar-refractivity contribution >= 4 is 8.32 Å². The Morgan fingerprint density at radius 1 is 1.10 bits per heavy atom. The van der Waals surface area contributed by atoms with Gasteiger partial charge in [-0.15, -0.1) is 0 Å². The van der Waals surface area contributed by atoms with Gasteiger partial charge in [0.25, 0.3) is 0 Å². The van der Waals surface area contributed by atoms with Gasteiger partial charge < -0.3 is 18.6 Å². The first-order chi connectivity index (χ1) is 14.0. The molecule has 6 heteroatoms. The van der Waals surface area contributed by atoms with Gasteiger partial charge in [0.15, 0.2) is 8.32 Å². The lowest BCUT2D eigenvalue weighted by atomic mass is 9.99. The van der Waals surface area contributed by atoms with E-state index in [2.05, 4.69) is 39.9 Å². The molecule has 1 saturated carbocycles. The second-order valence-corrected chi connectivity index (χ2v) is 14.5. The number of rotatable bonds is 9. The average molecular weight is 434 g/mol. The first kappa shape index (κ1) is 24.7. The van der Waals surface area contributed by atoms with Crippen LogP contribution in [0.4, 0.5) is 0 Å². The maximum Gasteiger partial charge on any atom is 0.193 e. The first-order valence-electron chi connectivity index (χ1n) is 11.0. The topological polar surface area (TPSA) is 60.7 Å². The summed E-state index contributed by atoms with van der Waals surface area (Å²) in [6.07, 6.45) is 4.27. The number of benzene rings is 1. The highest BCUT2D eigenvalue weighted by Crippen LogP contribution is 2.43. The number of nitrogens with zero attached hydrogens (tertiary/aromatic N) is 1. The Bertz CT molecular complexity index is 720. The van der Waals surface area contributed by atoms with Crippen molar-refractivity contribution in [3.8, 4) is 17.6 Å². The molecule has 0 bridgehead atoms. The summed E-state index contributed by atoms with van der Waals surface area (Å²) >= 11 is 0. The highest BCUT2D eigenvalue weighted by molar-refractivity contribution is 6.74. The first-order valence-corrected chi connectivity index (χ1v) is 13.9. The largest absolute Gasteiger partial charge is 0.496 e. The van der Waals surface area contributed by atoms with Crippen LogP contribution in [0.5, 0.6) is 11.5 Å². The van der Waals surface area contributed by atoms with Crippen LogP contribution in [0.25, 0.3) is 0 Å². The summed E-state index contributed by atoms with van der Waals surface area (Å²) in [5.74, 6) is 1.51. The van der Waals surface area contributed by atoms with Crippen molar-refractivity contribution in [2.75, 3.05) is 14.2 Å². The second-order valence-electron chi connectivity index (χ2n) is 9.79. The van der Waals surface area contributed by atoms with E-state index in [-0.39, 0.29) is 29.8 Å². The molecule has 1 aliphatic carbocycles. The summed E-state index contributed by atoms with van der Waals surface area (Å²) < 4.78 is 24.6. The normalized spacial score (nSPS) is 17.4. The molecule has 0 radical (unpaired) electrons. The monoisotopic (exact) mass is 433 g/mol. The Morgan fingerprint density at radius 2 is 1.63 bits per heavy atom. The minimum absolute atomic E-state index is 0.0364. The number of ether oxygens (including phenoxy) is 3. The maximum atomic E-state index is 9.59. The Kier molecular flexibility index (Phi) is 8.38. The van der Waals surface area contributed by atoms with Gasteiger partial charge in [-0.2, -0.15) is 5.26 Å². The van der Waals surface area contributed by atoms with Crippen molar-refractivity contribution in [3.05, 3.63) is 23.3 Å². The van der Waals surface area contributed by atoms with Crippen molar-refractivity contribution in [1.29, 1.82) is 5.26 Å². The van der Waals surface area contributed by atoms with Gasteiger partial charge in [0.05, 0.1) is 45.0 Å². The van der Waals surface area contributed by atoms with E-state index >= 15 is 0 Å². The van der Waals surface area contributed by atoms with Gasteiger partial charge in [-0.25, -0.2) is 0 Å². The van der Waals surface area contributed by atoms with Crippen LogP contribution in [0.15, 0.2) is 12.1 Å². The number of methoxy groups -OCH3 is 2. The fourth-order valence-corrected chi connectivity index (χ4v) is 4.99. The highest BCUT2D eigenvalue weighted by Gasteiger charge is 2.42. The van der Waals surface area contributed by atoms with Crippen LogP contribution in [-0.4, -0.2) is 34.7 Å². The Morgan fingerprint density at radius 3 is 2.07 bits per heavy atom. The Labute approximate surface area is 183 Å². The predicted molar refractivity (Wildman–Crippen MR) is 123 cm³/mol. The third kappa shape index (κ3) is 5.78. The maximum absolute atomic E-state index is 9.59. The molecular formula is C24H39NO4Si. The summed E-state index contributed by atoms with van der Waals surface area (Å²) in [4.78, 5) is 0. The average Bonchev–Trinajstić information content (AvgIpc) is 3.18. The molecule has 2 atom stereocenters. The van der Waals surface area contributed by atoms with Gasteiger partial charge in [0, 0.05) is 5.56 Å². The molecule has 1 fully saturated rings. The van der Waals surface area contributed by atoms with Crippen LogP contribution in [-0.2, 0) is 9.16 Å². The zero-order chi connectivity index (χ0) is 22.5. The van der Waals surface area contributed by atoms with Gasteiger partial charge >= 0.3 is 0 Å². The van der Waals surface area contributed by atoms with Crippen molar-refractivity contribution in [1.82, 2.24) is 0 Å². The van der Waals surface area contributed by atoms with Crippen LogP contribution in [0.2, 0.25) is 18.1 Å². The molecular weight excluding hydrogens is 394 g/mol. The summed E-state index contributed by atoms with van der Waals surface area (Å²) in [7, 11) is 1.19. The van der Waals surface area contributed by atoms with Gasteiger partial charge in [-0.05, 0) is 55.6 Å². The molecule has 1 aromatic rings. The molecule has 168 valence electrons. The van der Waals surface area contributed by atoms with E-state index < -0.39 is 8.32 Å². The zero-order valence-electron chi connectivity index (χ0n) is 20.0. The summed E-state index contributed by atoms with van der Waals surface area (Å²) in [5, 5.41) is 9.62. The molecule has 0 aromatic heterocycles. The van der Waals surface area contributed by atoms with Crippen LogP contribution in [0.3, 0.4) is 0 Å². The van der Waals surface area contributed by atoms with Crippen molar-refractivity contribution in [2.45, 2.75) is 96.2 Å². The van der Waals surface area contributed by atoms with Crippen LogP contribution in [0.1, 0.15) is 70.1 Å². The van der Waals surface area contributed by atoms with Gasteiger partial charge in [0.1, 0.15) is 11.5 Å². The van der Waals surface area contributed by atoms with E-state index in [1.165, 1.54) is 12.8 Å². The number of hydrogen-bond acceptors (Lipinski definition) is 5. The summed E-state index contributed by atoms with van der Waals surface area (Å²) in [6, 6.07) is 6.36. The van der Waals surface area contributed by atoms with Crippen molar-refractivity contribution in [2.24, 2.45) is 0 Å². The molecule has 0 saturated heterocycles. The van der Waals surface area contributed by atoms with Crippen LogP contribution < -0.4 is 9.47 Å². The Balaban J connectivity index is 2.52. The van der Waals surface area contributed by atoms with Gasteiger partial charge in [0.2, 0.25) is 0 Å². The van der Waals surface area contributed by atoms with E-state index in [1.807, 2.05) is 19.1 Å². The third-order valence-electron chi connectivity index (χ3n) is 6.63. The quantitative estimate of drug-likeness (QED) is 0.427. The van der Waals surface area contributed by atoms with Crippen LogP contribution in [0, 0.1) is 18.3 Å². The minimum Gasteiger partial charge on any atom is -0.496 e. The molecule has 0 N–H and O–H groups in total. The zero-order valence-corrected chi connectivity index (χ0v) is 21.0. The lowest BCUT2D eigenvalue weighted by Crippen LogP contribution is -2.44. The van der Waals surface area contributed by atoms with E-state index in [0.29, 0.717) is 0 Å². The lowest BCUT2D eigenvalue weighted by Gasteiger charge is -2.41. The standard InChI is InChI=1S/C24H39NO4Si/c1-17-21(26-5)15-18(16-22(17)27-6)23(29-30(7,8)24(2,3)4)20(13-14-25)28-19-11-9-10-12-19/h15-16,19-20,23H,9-13H2,1-8H3. The predicted octanol–water partition coefficient (Wildman–Crippen LogP) is 6.32. The number of hydrogen-bond donors (Lipinski definition) is 0. The van der Waals surface area contributed by atoms with E-state index in [9.17, 15) is 5.26 Å². The number of nitriles is 1. The Hall–Kier alpha value is -1.55. The highest BCUT2D eigenvalue weighted by atomic mass is 28.4. The molecule has 0 aliphatic heterocycles. The molecule has 0 amide bonds. The third-order valence-corrected chi connectivity index (χ3v) is 11.1. The lowest BCUT2D eigenvalue weighted by molar-refractivity contribution is -0.0684. The molecule has 2 unspecified atom stereocenters. The minimum atomic E-state index is -2.14. The van der Waals surface area contributed by atoms with Crippen molar-refractivity contribution < 1.29 is 18.6 Å². The summed E-state index contributed by atoms with van der Waals surface area (Å²) in [6.45, 7) is 13.1. The molecule has 1 aromatic carbocycles. The molecule has 5 nitrogen and oxygen atoms in total. The fourth-order valence-electron chi connectivity index (χ4n) is 3.71. The van der Waals surface area contributed by atoms with Gasteiger partial charge in [-0.3, -0.25) is 0 Å². The van der Waals surface area contributed by atoms with E-state index in [4.69, 9.17) is 18.6 Å². The molecule has 2 rings (SSSR count). The SMILES string of the molecule is COc1cc(C(O[Si](C)(C)C(C)(C)C)C(CC#N)OC2CCCC2)cc(OC)c1C. The van der Waals surface area contributed by atoms with Gasteiger partial charge in [-0.1, -0.05) is 33.6 Å². The summed E-state index contributed by atoms with van der Waals surface area (Å²) in [5.41, 5.74) is 1.89. The van der Waals surface area contributed by atoms with Crippen molar-refractivity contribution in [3.63, 3.8) is 0 Å². The van der Waals surface area contributed by atoms with E-state index in [0.717, 1.165) is 35.5 Å². The molecule has 30 heavy (non-hydrogen) atoms. The van der Waals surface area contributed by atoms with E-state index in [1.54, 1.807) is 14.2 Å². The van der Waals surface area contributed by atoms with Crippen LogP contribution >= 0.6 is 0 Å². The molecule has 0 heterocycles. The fraction of sp³-hybridized carbons (Fsp3) is 0.708. The molecule has 0 spiro atoms. The smallest absolute Gasteiger partial charge is 0.193 e. The molecule has 1 aliphatic rings. The second kappa shape index (κ2) is 10.2.